The largest absolute Gasteiger partial charge is 0.316 e. The van der Waals surface area contributed by atoms with Crippen LogP contribution in [0, 0.1) is 12.7 Å². The Morgan fingerprint density at radius 2 is 1.68 bits per heavy atom. The second-order valence-electron chi connectivity index (χ2n) is 7.02. The van der Waals surface area contributed by atoms with Crippen LogP contribution >= 0.6 is 28.1 Å². The Balaban J connectivity index is 1.37. The molecule has 0 amide bonds. The van der Waals surface area contributed by atoms with E-state index >= 15 is 0 Å². The fourth-order valence-corrected chi connectivity index (χ4v) is 3.71. The Hall–Kier alpha value is -3.04. The van der Waals surface area contributed by atoms with Crippen LogP contribution in [0.5, 0.6) is 0 Å². The molecule has 0 aliphatic heterocycles. The standard InChI is InChI=1S/C22H20BrFN6S/c1-15-6-2-3-7-16(15)12-29-11-10-20(27-29)25-22(31)26-21-18(23)14-30(28-21)13-17-8-4-5-9-19(17)24/h2-11,14H,12-13H2,1H3,(H2,25,26,27,28,31). The quantitative estimate of drug-likeness (QED) is 0.358. The van der Waals surface area contributed by atoms with Gasteiger partial charge >= 0.3 is 0 Å². The fourth-order valence-electron chi connectivity index (χ4n) is 3.10. The van der Waals surface area contributed by atoms with Gasteiger partial charge in [-0.2, -0.15) is 10.2 Å². The van der Waals surface area contributed by atoms with E-state index in [2.05, 4.69) is 55.8 Å². The van der Waals surface area contributed by atoms with Crippen LogP contribution in [-0.2, 0) is 13.1 Å². The predicted octanol–water partition coefficient (Wildman–Crippen LogP) is 5.20. The number of thiocarbonyl (C=S) groups is 1. The number of nitrogens with zero attached hydrogens (tertiary/aromatic N) is 4. The summed E-state index contributed by atoms with van der Waals surface area (Å²) in [6.45, 7) is 3.08. The number of rotatable bonds is 6. The Labute approximate surface area is 193 Å². The molecule has 4 rings (SSSR count). The van der Waals surface area contributed by atoms with Gasteiger partial charge in [0.25, 0.3) is 0 Å². The van der Waals surface area contributed by atoms with E-state index in [-0.39, 0.29) is 5.82 Å². The van der Waals surface area contributed by atoms with Crippen molar-refractivity contribution in [1.29, 1.82) is 0 Å². The molecule has 0 fully saturated rings. The van der Waals surface area contributed by atoms with E-state index < -0.39 is 0 Å². The molecule has 0 atom stereocenters. The Morgan fingerprint density at radius 3 is 2.45 bits per heavy atom. The maximum atomic E-state index is 13.9. The molecule has 2 N–H and O–H groups in total. The summed E-state index contributed by atoms with van der Waals surface area (Å²) in [5.74, 6) is 0.906. The third-order valence-corrected chi connectivity index (χ3v) is 5.50. The minimum atomic E-state index is -0.262. The summed E-state index contributed by atoms with van der Waals surface area (Å²) in [6.07, 6.45) is 3.67. The molecule has 0 aliphatic carbocycles. The topological polar surface area (TPSA) is 59.7 Å². The number of hydrogen-bond donors (Lipinski definition) is 2. The highest BCUT2D eigenvalue weighted by Gasteiger charge is 2.11. The van der Waals surface area contributed by atoms with Crippen LogP contribution in [-0.4, -0.2) is 24.7 Å². The lowest BCUT2D eigenvalue weighted by Crippen LogP contribution is -2.20. The molecule has 0 spiro atoms. The van der Waals surface area contributed by atoms with Gasteiger partial charge in [-0.1, -0.05) is 42.5 Å². The first kappa shape index (κ1) is 21.2. The summed E-state index contributed by atoms with van der Waals surface area (Å²) in [4.78, 5) is 0. The zero-order chi connectivity index (χ0) is 21.8. The van der Waals surface area contributed by atoms with E-state index in [1.165, 1.54) is 17.2 Å². The molecule has 0 saturated heterocycles. The van der Waals surface area contributed by atoms with Gasteiger partial charge in [-0.05, 0) is 52.3 Å². The Kier molecular flexibility index (Phi) is 6.43. The summed E-state index contributed by atoms with van der Waals surface area (Å²) in [5.41, 5.74) is 2.99. The molecule has 9 heteroatoms. The van der Waals surface area contributed by atoms with Crippen molar-refractivity contribution < 1.29 is 4.39 Å². The van der Waals surface area contributed by atoms with Crippen molar-refractivity contribution in [3.05, 3.63) is 94.0 Å². The molecule has 4 aromatic rings. The summed E-state index contributed by atoms with van der Waals surface area (Å²) in [5, 5.41) is 15.4. The SMILES string of the molecule is Cc1ccccc1Cn1ccc(NC(=S)Nc2nn(Cc3ccccc3F)cc2Br)n1. The normalized spacial score (nSPS) is 10.8. The van der Waals surface area contributed by atoms with E-state index in [0.29, 0.717) is 35.4 Å². The third kappa shape index (κ3) is 5.36. The molecule has 2 aromatic carbocycles. The Morgan fingerprint density at radius 1 is 0.968 bits per heavy atom. The van der Waals surface area contributed by atoms with Crippen LogP contribution in [0.1, 0.15) is 16.7 Å². The highest BCUT2D eigenvalue weighted by molar-refractivity contribution is 9.10. The Bertz CT molecular complexity index is 1220. The number of hydrogen-bond acceptors (Lipinski definition) is 3. The second kappa shape index (κ2) is 9.40. The predicted molar refractivity (Wildman–Crippen MR) is 128 cm³/mol. The summed E-state index contributed by atoms with van der Waals surface area (Å²) in [7, 11) is 0. The van der Waals surface area contributed by atoms with Crippen molar-refractivity contribution in [3.8, 4) is 0 Å². The number of benzene rings is 2. The van der Waals surface area contributed by atoms with Gasteiger partial charge in [-0.3, -0.25) is 9.36 Å². The zero-order valence-corrected chi connectivity index (χ0v) is 19.1. The maximum absolute atomic E-state index is 13.9. The lowest BCUT2D eigenvalue weighted by atomic mass is 10.1. The average molecular weight is 499 g/mol. The van der Waals surface area contributed by atoms with E-state index in [9.17, 15) is 4.39 Å². The monoisotopic (exact) mass is 498 g/mol. The first-order valence-corrected chi connectivity index (χ1v) is 10.8. The molecule has 2 aromatic heterocycles. The maximum Gasteiger partial charge on any atom is 0.177 e. The minimum Gasteiger partial charge on any atom is -0.316 e. The average Bonchev–Trinajstić information content (AvgIpc) is 3.31. The summed E-state index contributed by atoms with van der Waals surface area (Å²) < 4.78 is 18.1. The van der Waals surface area contributed by atoms with Gasteiger partial charge in [0.2, 0.25) is 0 Å². The van der Waals surface area contributed by atoms with E-state index in [0.717, 1.165) is 4.47 Å². The molecule has 0 radical (unpaired) electrons. The highest BCUT2D eigenvalue weighted by Crippen LogP contribution is 2.21. The van der Waals surface area contributed by atoms with E-state index in [1.54, 1.807) is 29.1 Å². The summed E-state index contributed by atoms with van der Waals surface area (Å²) >= 11 is 8.86. The molecule has 0 unspecified atom stereocenters. The highest BCUT2D eigenvalue weighted by atomic mass is 79.9. The molecule has 0 saturated carbocycles. The van der Waals surface area contributed by atoms with Gasteiger partial charge in [0.15, 0.2) is 16.7 Å². The molecule has 0 bridgehead atoms. The lowest BCUT2D eigenvalue weighted by molar-refractivity contribution is 0.586. The summed E-state index contributed by atoms with van der Waals surface area (Å²) in [6, 6.07) is 16.7. The van der Waals surface area contributed by atoms with Gasteiger partial charge in [-0.15, -0.1) is 0 Å². The van der Waals surface area contributed by atoms with Crippen molar-refractivity contribution in [2.45, 2.75) is 20.0 Å². The van der Waals surface area contributed by atoms with Crippen molar-refractivity contribution in [2.75, 3.05) is 10.6 Å². The lowest BCUT2D eigenvalue weighted by Gasteiger charge is -2.07. The molecule has 31 heavy (non-hydrogen) atoms. The van der Waals surface area contributed by atoms with Gasteiger partial charge in [-0.25, -0.2) is 4.39 Å². The number of halogens is 2. The number of aryl methyl sites for hydroxylation is 1. The van der Waals surface area contributed by atoms with Crippen molar-refractivity contribution in [1.82, 2.24) is 19.6 Å². The van der Waals surface area contributed by atoms with Crippen LogP contribution in [0.4, 0.5) is 16.0 Å². The second-order valence-corrected chi connectivity index (χ2v) is 8.28. The minimum absolute atomic E-state index is 0.262. The van der Waals surface area contributed by atoms with Crippen molar-refractivity contribution in [3.63, 3.8) is 0 Å². The smallest absolute Gasteiger partial charge is 0.177 e. The number of anilines is 2. The van der Waals surface area contributed by atoms with Crippen molar-refractivity contribution >= 4 is 44.9 Å². The van der Waals surface area contributed by atoms with Gasteiger partial charge in [0.05, 0.1) is 17.6 Å². The van der Waals surface area contributed by atoms with Crippen LogP contribution in [0.15, 0.2) is 71.5 Å². The molecular formula is C22H20BrFN6S. The number of aromatic nitrogens is 4. The van der Waals surface area contributed by atoms with Crippen LogP contribution in [0.2, 0.25) is 0 Å². The first-order valence-electron chi connectivity index (χ1n) is 9.60. The van der Waals surface area contributed by atoms with E-state index in [1.807, 2.05) is 29.1 Å². The van der Waals surface area contributed by atoms with Gasteiger partial charge in [0, 0.05) is 24.0 Å². The molecule has 6 nitrogen and oxygen atoms in total. The first-order chi connectivity index (χ1) is 15.0. The van der Waals surface area contributed by atoms with Gasteiger partial charge in [0.1, 0.15) is 5.82 Å². The van der Waals surface area contributed by atoms with E-state index in [4.69, 9.17) is 12.2 Å². The zero-order valence-electron chi connectivity index (χ0n) is 16.7. The van der Waals surface area contributed by atoms with Gasteiger partial charge < -0.3 is 10.6 Å². The molecular weight excluding hydrogens is 479 g/mol. The molecule has 2 heterocycles. The fraction of sp³-hybridized carbons (Fsp3) is 0.136. The van der Waals surface area contributed by atoms with Crippen molar-refractivity contribution in [2.24, 2.45) is 0 Å². The van der Waals surface area contributed by atoms with Crippen LogP contribution in [0.25, 0.3) is 0 Å². The van der Waals surface area contributed by atoms with Crippen LogP contribution in [0.3, 0.4) is 0 Å². The molecule has 158 valence electrons. The third-order valence-electron chi connectivity index (χ3n) is 4.72. The van der Waals surface area contributed by atoms with Crippen LogP contribution < -0.4 is 10.6 Å². The molecule has 0 aliphatic rings. The number of nitrogens with one attached hydrogen (secondary N) is 2.